The number of ether oxygens (including phenoxy) is 1. The van der Waals surface area contributed by atoms with Gasteiger partial charge in [-0.25, -0.2) is 0 Å². The summed E-state index contributed by atoms with van der Waals surface area (Å²) >= 11 is 6.14. The van der Waals surface area contributed by atoms with Gasteiger partial charge in [0.1, 0.15) is 5.75 Å². The highest BCUT2D eigenvalue weighted by atomic mass is 35.5. The first-order valence-corrected chi connectivity index (χ1v) is 10.0. The molecule has 0 spiro atoms. The van der Waals surface area contributed by atoms with Crippen molar-refractivity contribution in [2.24, 2.45) is 11.8 Å². The molecule has 5 nitrogen and oxygen atoms in total. The Morgan fingerprint density at radius 3 is 2.54 bits per heavy atom. The standard InChI is InChI=1S/C20H30ClN3O2.2ClH/c1-14-5-8-23(9-6-14)12-15-4-3-7-24(13-15)20(25)16-10-17(21)18(22)11-19(16)26-2;;/h10-11,14-15H,3-9,12-13,22H2,1-2H3;2*1H. The number of hydrogen-bond acceptors (Lipinski definition) is 4. The Bertz CT molecular complexity index is 652. The molecule has 160 valence electrons. The van der Waals surface area contributed by atoms with E-state index in [1.165, 1.54) is 32.4 Å². The molecule has 8 heteroatoms. The number of hydrogen-bond donors (Lipinski definition) is 1. The van der Waals surface area contributed by atoms with Gasteiger partial charge in [-0.2, -0.15) is 0 Å². The number of halogens is 3. The molecule has 0 aliphatic carbocycles. The average molecular weight is 453 g/mol. The third kappa shape index (κ3) is 6.06. The van der Waals surface area contributed by atoms with Crippen molar-refractivity contribution in [3.05, 3.63) is 22.7 Å². The molecule has 0 saturated carbocycles. The number of methoxy groups -OCH3 is 1. The fraction of sp³-hybridized carbons (Fsp3) is 0.650. The minimum atomic E-state index is -0.0132. The molecule has 28 heavy (non-hydrogen) atoms. The minimum Gasteiger partial charge on any atom is -0.496 e. The van der Waals surface area contributed by atoms with Crippen LogP contribution < -0.4 is 10.5 Å². The molecule has 2 saturated heterocycles. The van der Waals surface area contributed by atoms with Gasteiger partial charge in [0.2, 0.25) is 0 Å². The van der Waals surface area contributed by atoms with Crippen LogP contribution in [0, 0.1) is 11.8 Å². The molecule has 0 bridgehead atoms. The molecule has 2 aliphatic heterocycles. The van der Waals surface area contributed by atoms with Gasteiger partial charge in [-0.1, -0.05) is 18.5 Å². The molecule has 2 N–H and O–H groups in total. The topological polar surface area (TPSA) is 58.8 Å². The molecule has 0 aromatic heterocycles. The first-order chi connectivity index (χ1) is 12.5. The predicted molar refractivity (Wildman–Crippen MR) is 120 cm³/mol. The number of amides is 1. The predicted octanol–water partition coefficient (Wildman–Crippen LogP) is 4.36. The van der Waals surface area contributed by atoms with Gasteiger partial charge in [-0.3, -0.25) is 4.79 Å². The Hall–Kier alpha value is -0.880. The van der Waals surface area contributed by atoms with Crippen LogP contribution in [0.3, 0.4) is 0 Å². The molecule has 2 heterocycles. The van der Waals surface area contributed by atoms with Crippen molar-refractivity contribution in [3.8, 4) is 5.75 Å². The lowest BCUT2D eigenvalue weighted by atomic mass is 9.94. The molecule has 0 radical (unpaired) electrons. The number of rotatable bonds is 4. The fourth-order valence-corrected chi connectivity index (χ4v) is 4.25. The molecule has 2 aliphatic rings. The highest BCUT2D eigenvalue weighted by molar-refractivity contribution is 6.33. The number of piperidine rings is 2. The zero-order chi connectivity index (χ0) is 18.7. The highest BCUT2D eigenvalue weighted by Crippen LogP contribution is 2.31. The van der Waals surface area contributed by atoms with E-state index in [0.717, 1.165) is 32.0 Å². The Morgan fingerprint density at radius 2 is 1.89 bits per heavy atom. The second kappa shape index (κ2) is 11.3. The third-order valence-electron chi connectivity index (χ3n) is 5.75. The van der Waals surface area contributed by atoms with Crippen LogP contribution in [0.15, 0.2) is 12.1 Å². The zero-order valence-corrected chi connectivity index (χ0v) is 19.0. The van der Waals surface area contributed by atoms with E-state index in [9.17, 15) is 4.79 Å². The summed E-state index contributed by atoms with van der Waals surface area (Å²) in [6.45, 7) is 7.40. The first-order valence-electron chi connectivity index (χ1n) is 9.62. The summed E-state index contributed by atoms with van der Waals surface area (Å²) in [4.78, 5) is 17.6. The van der Waals surface area contributed by atoms with Crippen LogP contribution in [-0.2, 0) is 0 Å². The average Bonchev–Trinajstić information content (AvgIpc) is 2.65. The van der Waals surface area contributed by atoms with Crippen LogP contribution in [0.1, 0.15) is 43.0 Å². The van der Waals surface area contributed by atoms with Crippen molar-refractivity contribution < 1.29 is 9.53 Å². The summed E-state index contributed by atoms with van der Waals surface area (Å²) in [7, 11) is 1.55. The summed E-state index contributed by atoms with van der Waals surface area (Å²) in [5, 5.41) is 0.394. The summed E-state index contributed by atoms with van der Waals surface area (Å²) < 4.78 is 5.36. The number of nitrogens with two attached hydrogens (primary N) is 1. The number of nitrogen functional groups attached to an aromatic ring is 1. The van der Waals surface area contributed by atoms with E-state index in [-0.39, 0.29) is 30.7 Å². The second-order valence-electron chi connectivity index (χ2n) is 7.82. The van der Waals surface area contributed by atoms with Crippen LogP contribution >= 0.6 is 36.4 Å². The van der Waals surface area contributed by atoms with Crippen molar-refractivity contribution in [2.45, 2.75) is 32.6 Å². The minimum absolute atomic E-state index is 0. The van der Waals surface area contributed by atoms with E-state index in [0.29, 0.717) is 27.9 Å². The van der Waals surface area contributed by atoms with E-state index in [1.54, 1.807) is 19.2 Å². The van der Waals surface area contributed by atoms with Crippen LogP contribution in [0.4, 0.5) is 5.69 Å². The van der Waals surface area contributed by atoms with Crippen LogP contribution in [-0.4, -0.2) is 55.5 Å². The maximum atomic E-state index is 13.1. The van der Waals surface area contributed by atoms with Crippen molar-refractivity contribution >= 4 is 48.0 Å². The normalized spacial score (nSPS) is 20.8. The number of anilines is 1. The van der Waals surface area contributed by atoms with Crippen molar-refractivity contribution in [3.63, 3.8) is 0 Å². The van der Waals surface area contributed by atoms with Crippen molar-refractivity contribution in [1.29, 1.82) is 0 Å². The zero-order valence-electron chi connectivity index (χ0n) is 16.7. The molecule has 1 unspecified atom stereocenters. The number of carbonyl (C=O) groups is 1. The van der Waals surface area contributed by atoms with Gasteiger partial charge in [-0.05, 0) is 56.7 Å². The van der Waals surface area contributed by atoms with E-state index in [4.69, 9.17) is 22.1 Å². The number of carbonyl (C=O) groups excluding carboxylic acids is 1. The van der Waals surface area contributed by atoms with E-state index < -0.39 is 0 Å². The van der Waals surface area contributed by atoms with Crippen LogP contribution in [0.5, 0.6) is 5.75 Å². The molecule has 1 aromatic rings. The first kappa shape index (κ1) is 25.2. The van der Waals surface area contributed by atoms with Crippen molar-refractivity contribution in [1.82, 2.24) is 9.80 Å². The maximum Gasteiger partial charge on any atom is 0.257 e. The smallest absolute Gasteiger partial charge is 0.257 e. The second-order valence-corrected chi connectivity index (χ2v) is 8.22. The largest absolute Gasteiger partial charge is 0.496 e. The summed E-state index contributed by atoms with van der Waals surface area (Å²) in [6, 6.07) is 3.26. The van der Waals surface area contributed by atoms with Gasteiger partial charge >= 0.3 is 0 Å². The molecule has 1 atom stereocenters. The number of nitrogens with zero attached hydrogens (tertiary/aromatic N) is 2. The monoisotopic (exact) mass is 451 g/mol. The molecule has 3 rings (SSSR count). The molecule has 1 aromatic carbocycles. The maximum absolute atomic E-state index is 13.1. The van der Waals surface area contributed by atoms with Crippen LogP contribution in [0.25, 0.3) is 0 Å². The van der Waals surface area contributed by atoms with Gasteiger partial charge in [0.15, 0.2) is 0 Å². The Balaban J connectivity index is 0.00000196. The molecule has 2 fully saturated rings. The summed E-state index contributed by atoms with van der Waals surface area (Å²) in [6.07, 6.45) is 4.81. The summed E-state index contributed by atoms with van der Waals surface area (Å²) in [5.41, 5.74) is 6.76. The van der Waals surface area contributed by atoms with Gasteiger partial charge in [-0.15, -0.1) is 24.8 Å². The highest BCUT2D eigenvalue weighted by Gasteiger charge is 2.28. The number of benzene rings is 1. The third-order valence-corrected chi connectivity index (χ3v) is 6.08. The lowest BCUT2D eigenvalue weighted by Crippen LogP contribution is -2.45. The van der Waals surface area contributed by atoms with Gasteiger partial charge in [0, 0.05) is 25.7 Å². The van der Waals surface area contributed by atoms with Gasteiger partial charge in [0.25, 0.3) is 5.91 Å². The fourth-order valence-electron chi connectivity index (χ4n) is 4.08. The Labute approximate surface area is 185 Å². The lowest BCUT2D eigenvalue weighted by Gasteiger charge is -2.38. The van der Waals surface area contributed by atoms with E-state index in [2.05, 4.69) is 11.8 Å². The van der Waals surface area contributed by atoms with Crippen LogP contribution in [0.2, 0.25) is 5.02 Å². The molecular weight excluding hydrogens is 421 g/mol. The number of likely N-dealkylation sites (tertiary alicyclic amines) is 2. The van der Waals surface area contributed by atoms with Crippen molar-refractivity contribution in [2.75, 3.05) is 45.6 Å². The summed E-state index contributed by atoms with van der Waals surface area (Å²) in [5.74, 6) is 1.86. The van der Waals surface area contributed by atoms with E-state index in [1.807, 2.05) is 4.90 Å². The lowest BCUT2D eigenvalue weighted by molar-refractivity contribution is 0.0619. The van der Waals surface area contributed by atoms with Gasteiger partial charge < -0.3 is 20.3 Å². The molecular formula is C20H32Cl3N3O2. The quantitative estimate of drug-likeness (QED) is 0.690. The Morgan fingerprint density at radius 1 is 1.21 bits per heavy atom. The van der Waals surface area contributed by atoms with E-state index >= 15 is 0 Å². The van der Waals surface area contributed by atoms with Gasteiger partial charge in [0.05, 0.1) is 23.4 Å². The molecule has 1 amide bonds. The SMILES string of the molecule is COc1cc(N)c(Cl)cc1C(=O)N1CCCC(CN2CCC(C)CC2)C1.Cl.Cl. The Kier molecular flexibility index (Phi) is 10.2.